The van der Waals surface area contributed by atoms with E-state index >= 15 is 0 Å². The highest BCUT2D eigenvalue weighted by Gasteiger charge is 2.07. The highest BCUT2D eigenvalue weighted by molar-refractivity contribution is 5.89. The van der Waals surface area contributed by atoms with Crippen LogP contribution in [0.4, 0.5) is 11.4 Å². The number of carbonyl (C=O) groups excluding carboxylic acids is 1. The van der Waals surface area contributed by atoms with Crippen molar-refractivity contribution in [1.29, 1.82) is 0 Å². The van der Waals surface area contributed by atoms with E-state index in [1.54, 1.807) is 12.1 Å². The molecule has 0 aliphatic carbocycles. The number of hydrogen-bond acceptors (Lipinski definition) is 3. The summed E-state index contributed by atoms with van der Waals surface area (Å²) < 4.78 is 0. The topological polar surface area (TPSA) is 61.4 Å². The van der Waals surface area contributed by atoms with Crippen LogP contribution >= 0.6 is 0 Å². The van der Waals surface area contributed by atoms with Crippen molar-refractivity contribution in [3.05, 3.63) is 53.6 Å². The monoisotopic (exact) mass is 284 g/mol. The summed E-state index contributed by atoms with van der Waals surface area (Å²) in [6.07, 6.45) is 0. The molecule has 2 rings (SSSR count). The molecule has 1 amide bonds. The molecule has 4 nitrogen and oxygen atoms in total. The molecule has 0 heterocycles. The minimum Gasteiger partial charge on any atom is -0.508 e. The fourth-order valence-corrected chi connectivity index (χ4v) is 2.21. The number of aryl methyl sites for hydroxylation is 1. The van der Waals surface area contributed by atoms with Gasteiger partial charge in [0.25, 0.3) is 0 Å². The van der Waals surface area contributed by atoms with Crippen LogP contribution in [-0.2, 0) is 4.79 Å². The summed E-state index contributed by atoms with van der Waals surface area (Å²) in [7, 11) is 0. The lowest BCUT2D eigenvalue weighted by atomic mass is 10.1. The van der Waals surface area contributed by atoms with Crippen molar-refractivity contribution < 1.29 is 9.90 Å². The van der Waals surface area contributed by atoms with E-state index in [4.69, 9.17) is 0 Å². The first-order valence-corrected chi connectivity index (χ1v) is 6.89. The zero-order valence-corrected chi connectivity index (χ0v) is 12.5. The van der Waals surface area contributed by atoms with Gasteiger partial charge in [0.05, 0.1) is 0 Å². The maximum Gasteiger partial charge on any atom is 0.221 e. The molecule has 0 aliphatic heterocycles. The second kappa shape index (κ2) is 6.31. The van der Waals surface area contributed by atoms with E-state index in [0.717, 1.165) is 22.5 Å². The van der Waals surface area contributed by atoms with E-state index in [1.807, 2.05) is 44.2 Å². The van der Waals surface area contributed by atoms with Crippen molar-refractivity contribution in [3.8, 4) is 5.75 Å². The molecule has 1 atom stereocenters. The predicted molar refractivity (Wildman–Crippen MR) is 85.6 cm³/mol. The largest absolute Gasteiger partial charge is 0.508 e. The van der Waals surface area contributed by atoms with Crippen LogP contribution in [0, 0.1) is 6.92 Å². The van der Waals surface area contributed by atoms with Gasteiger partial charge in [-0.3, -0.25) is 4.79 Å². The molecule has 0 aromatic heterocycles. The average Bonchev–Trinajstić information content (AvgIpc) is 2.41. The lowest BCUT2D eigenvalue weighted by Gasteiger charge is -2.17. The van der Waals surface area contributed by atoms with E-state index in [0.29, 0.717) is 0 Å². The van der Waals surface area contributed by atoms with E-state index < -0.39 is 0 Å². The Bertz CT molecular complexity index is 653. The van der Waals surface area contributed by atoms with Crippen LogP contribution in [0.15, 0.2) is 42.5 Å². The zero-order valence-electron chi connectivity index (χ0n) is 12.5. The summed E-state index contributed by atoms with van der Waals surface area (Å²) in [5, 5.41) is 15.7. The summed E-state index contributed by atoms with van der Waals surface area (Å²) in [6.45, 7) is 5.48. The predicted octanol–water partition coefficient (Wildman–Crippen LogP) is 3.83. The lowest BCUT2D eigenvalue weighted by Crippen LogP contribution is -2.09. The van der Waals surface area contributed by atoms with Gasteiger partial charge >= 0.3 is 0 Å². The summed E-state index contributed by atoms with van der Waals surface area (Å²) >= 11 is 0. The number of aromatic hydroxyl groups is 1. The number of phenolic OH excluding ortho intramolecular Hbond substituents is 1. The Morgan fingerprint density at radius 3 is 2.57 bits per heavy atom. The first-order chi connectivity index (χ1) is 9.95. The highest BCUT2D eigenvalue weighted by atomic mass is 16.3. The van der Waals surface area contributed by atoms with Gasteiger partial charge < -0.3 is 15.7 Å². The summed E-state index contributed by atoms with van der Waals surface area (Å²) in [5.41, 5.74) is 3.80. The maximum atomic E-state index is 11.1. The second-order valence-electron chi connectivity index (χ2n) is 5.17. The van der Waals surface area contributed by atoms with Crippen LogP contribution in [-0.4, -0.2) is 11.0 Å². The fourth-order valence-electron chi connectivity index (χ4n) is 2.21. The number of rotatable bonds is 4. The van der Waals surface area contributed by atoms with Crippen LogP contribution in [0.1, 0.15) is 31.0 Å². The number of hydrogen-bond donors (Lipinski definition) is 3. The van der Waals surface area contributed by atoms with Gasteiger partial charge in [-0.1, -0.05) is 12.1 Å². The molecule has 110 valence electrons. The Kier molecular flexibility index (Phi) is 4.48. The Balaban J connectivity index is 2.12. The minimum absolute atomic E-state index is 0.0723. The molecule has 4 heteroatoms. The Labute approximate surface area is 124 Å². The highest BCUT2D eigenvalue weighted by Crippen LogP contribution is 2.25. The average molecular weight is 284 g/mol. The van der Waals surface area contributed by atoms with Gasteiger partial charge in [-0.2, -0.15) is 0 Å². The SMILES string of the molecule is CC(=O)Nc1ccc(NC(C)c2cccc(O)c2)cc1C. The Hall–Kier alpha value is -2.49. The number of carbonyl (C=O) groups is 1. The Morgan fingerprint density at radius 1 is 1.19 bits per heavy atom. The first kappa shape index (κ1) is 14.9. The summed E-state index contributed by atoms with van der Waals surface area (Å²) in [5.74, 6) is 0.185. The molecular weight excluding hydrogens is 264 g/mol. The van der Waals surface area contributed by atoms with Crippen molar-refractivity contribution in [2.75, 3.05) is 10.6 Å². The number of benzene rings is 2. The molecule has 2 aromatic carbocycles. The molecule has 2 aromatic rings. The first-order valence-electron chi connectivity index (χ1n) is 6.89. The molecule has 21 heavy (non-hydrogen) atoms. The quantitative estimate of drug-likeness (QED) is 0.799. The number of nitrogens with one attached hydrogen (secondary N) is 2. The number of phenols is 1. The van der Waals surface area contributed by atoms with Crippen LogP contribution in [0.5, 0.6) is 5.75 Å². The van der Waals surface area contributed by atoms with Gasteiger partial charge in [0.1, 0.15) is 5.75 Å². The number of amides is 1. The molecule has 0 saturated carbocycles. The van der Waals surface area contributed by atoms with Gasteiger partial charge in [-0.15, -0.1) is 0 Å². The Morgan fingerprint density at radius 2 is 1.95 bits per heavy atom. The normalized spacial score (nSPS) is 11.8. The lowest BCUT2D eigenvalue weighted by molar-refractivity contribution is -0.114. The molecular formula is C17H20N2O2. The third-order valence-electron chi connectivity index (χ3n) is 3.29. The fraction of sp³-hybridized carbons (Fsp3) is 0.235. The van der Waals surface area contributed by atoms with Crippen molar-refractivity contribution in [1.82, 2.24) is 0 Å². The summed E-state index contributed by atoms with van der Waals surface area (Å²) in [6, 6.07) is 13.1. The van der Waals surface area contributed by atoms with Gasteiger partial charge in [0.2, 0.25) is 5.91 Å². The van der Waals surface area contributed by atoms with Gasteiger partial charge in [0.15, 0.2) is 0 Å². The van der Waals surface area contributed by atoms with Gasteiger partial charge in [-0.05, 0) is 55.3 Å². The van der Waals surface area contributed by atoms with E-state index in [2.05, 4.69) is 10.6 Å². The van der Waals surface area contributed by atoms with E-state index in [1.165, 1.54) is 6.92 Å². The van der Waals surface area contributed by atoms with Gasteiger partial charge in [0, 0.05) is 24.3 Å². The van der Waals surface area contributed by atoms with Crippen molar-refractivity contribution >= 4 is 17.3 Å². The van der Waals surface area contributed by atoms with Crippen molar-refractivity contribution in [2.45, 2.75) is 26.8 Å². The van der Waals surface area contributed by atoms with E-state index in [9.17, 15) is 9.90 Å². The minimum atomic E-state index is -0.0769. The molecule has 3 N–H and O–H groups in total. The molecule has 0 saturated heterocycles. The van der Waals surface area contributed by atoms with E-state index in [-0.39, 0.29) is 17.7 Å². The van der Waals surface area contributed by atoms with Crippen LogP contribution < -0.4 is 10.6 Å². The van der Waals surface area contributed by atoms with Crippen molar-refractivity contribution in [3.63, 3.8) is 0 Å². The molecule has 1 unspecified atom stereocenters. The zero-order chi connectivity index (χ0) is 15.4. The third-order valence-corrected chi connectivity index (χ3v) is 3.29. The standard InChI is InChI=1S/C17H20N2O2/c1-11-9-15(7-8-17(11)19-13(3)20)18-12(2)14-5-4-6-16(21)10-14/h4-10,12,18,21H,1-3H3,(H,19,20). The second-order valence-corrected chi connectivity index (χ2v) is 5.17. The van der Waals surface area contributed by atoms with Gasteiger partial charge in [-0.25, -0.2) is 0 Å². The molecule has 0 bridgehead atoms. The molecule has 0 spiro atoms. The van der Waals surface area contributed by atoms with Crippen LogP contribution in [0.3, 0.4) is 0 Å². The third kappa shape index (κ3) is 3.99. The maximum absolute atomic E-state index is 11.1. The molecule has 0 radical (unpaired) electrons. The molecule has 0 aliphatic rings. The van der Waals surface area contributed by atoms with Crippen molar-refractivity contribution in [2.24, 2.45) is 0 Å². The summed E-state index contributed by atoms with van der Waals surface area (Å²) in [4.78, 5) is 11.1. The molecule has 0 fully saturated rings. The van der Waals surface area contributed by atoms with Crippen LogP contribution in [0.25, 0.3) is 0 Å². The van der Waals surface area contributed by atoms with Crippen LogP contribution in [0.2, 0.25) is 0 Å². The number of anilines is 2. The smallest absolute Gasteiger partial charge is 0.221 e.